The van der Waals surface area contributed by atoms with Crippen LogP contribution in [0, 0.1) is 35.5 Å². The highest BCUT2D eigenvalue weighted by atomic mass is 31.2. The molecule has 15 atom stereocenters. The summed E-state index contributed by atoms with van der Waals surface area (Å²) in [4.78, 5) is 126. The highest BCUT2D eigenvalue weighted by Gasteiger charge is 2.53. The van der Waals surface area contributed by atoms with Crippen molar-refractivity contribution in [2.75, 3.05) is 39.8 Å². The first kappa shape index (κ1) is 70.2. The summed E-state index contributed by atoms with van der Waals surface area (Å²) in [5.41, 5.74) is 1.03. The van der Waals surface area contributed by atoms with Gasteiger partial charge in [0.25, 0.3) is 11.7 Å². The molecule has 0 aromatic heterocycles. The molecule has 6 N–H and O–H groups in total. The Morgan fingerprint density at radius 2 is 1.49 bits per heavy atom. The van der Waals surface area contributed by atoms with Crippen LogP contribution in [-0.2, 0) is 61.5 Å². The van der Waals surface area contributed by atoms with Gasteiger partial charge in [-0.3, -0.25) is 33.2 Å². The fourth-order valence-corrected chi connectivity index (χ4v) is 14.7. The molecule has 470 valence electrons. The van der Waals surface area contributed by atoms with Crippen LogP contribution in [0.4, 0.5) is 10.5 Å². The number of aliphatic hydroxyl groups excluding tert-OH is 1. The van der Waals surface area contributed by atoms with E-state index in [9.17, 15) is 67.7 Å². The van der Waals surface area contributed by atoms with Gasteiger partial charge in [0, 0.05) is 71.2 Å². The number of rotatable bonds is 11. The van der Waals surface area contributed by atoms with Gasteiger partial charge in [0.15, 0.2) is 11.2 Å². The normalized spacial score (nSPS) is 34.3. The number of amides is 2. The third-order valence-electron chi connectivity index (χ3n) is 17.2. The second-order valence-corrected chi connectivity index (χ2v) is 27.4. The number of ketones is 3. The zero-order valence-corrected chi connectivity index (χ0v) is 52.1. The second-order valence-electron chi connectivity index (χ2n) is 23.6. The summed E-state index contributed by atoms with van der Waals surface area (Å²) in [6, 6.07) is 3.51. The van der Waals surface area contributed by atoms with E-state index in [1.165, 1.54) is 33.4 Å². The van der Waals surface area contributed by atoms with Gasteiger partial charge in [0.1, 0.15) is 36.2 Å². The lowest BCUT2D eigenvalue weighted by Crippen LogP contribution is -2.61. The molecule has 0 unspecified atom stereocenters. The molecule has 0 radical (unpaired) electrons. The molecule has 3 aliphatic heterocycles. The first-order chi connectivity index (χ1) is 39.4. The number of fused-ring (bicyclic) bond motifs is 3. The molecule has 1 aromatic carbocycles. The average Bonchev–Trinajstić information content (AvgIpc) is 3.55. The van der Waals surface area contributed by atoms with Crippen molar-refractivity contribution in [3.63, 3.8) is 0 Å². The molecule has 2 saturated heterocycles. The molecule has 2 amide bonds. The maximum absolute atomic E-state index is 14.7. The Labute approximate surface area is 493 Å². The van der Waals surface area contributed by atoms with Crippen LogP contribution in [0.1, 0.15) is 136 Å². The number of ether oxygens (including phenoxy) is 6. The number of anilines is 1. The van der Waals surface area contributed by atoms with Gasteiger partial charge >= 0.3 is 27.3 Å². The van der Waals surface area contributed by atoms with Crippen molar-refractivity contribution in [1.29, 1.82) is 0 Å². The number of hydrogen-bond acceptors (Lipinski definition) is 16. The van der Waals surface area contributed by atoms with Crippen molar-refractivity contribution in [2.45, 2.75) is 185 Å². The summed E-state index contributed by atoms with van der Waals surface area (Å²) in [5, 5.41) is 21.2. The number of Topliss-reactive ketones (excluding diaryl/α,β-unsaturated/α-hetero) is 3. The Balaban J connectivity index is 1.41. The van der Waals surface area contributed by atoms with Crippen molar-refractivity contribution in [1.82, 2.24) is 4.90 Å². The molecule has 1 aliphatic carbocycles. The maximum atomic E-state index is 14.7. The molecule has 4 aliphatic rings. The van der Waals surface area contributed by atoms with Gasteiger partial charge < -0.3 is 63.1 Å². The number of nitrogens with zero attached hydrogens (tertiary/aromatic N) is 2. The van der Waals surface area contributed by atoms with E-state index in [4.69, 9.17) is 28.4 Å². The third-order valence-corrected chi connectivity index (χ3v) is 20.9. The minimum Gasteiger partial charge on any atom is -0.460 e. The van der Waals surface area contributed by atoms with Crippen LogP contribution >= 0.6 is 15.2 Å². The first-order valence-electron chi connectivity index (χ1n) is 29.0. The monoisotopic (exact) mass is 1220 g/mol. The molecule has 1 saturated carbocycles. The fourth-order valence-electron chi connectivity index (χ4n) is 12.0. The topological polar surface area (TPSA) is 320 Å². The van der Waals surface area contributed by atoms with Crippen LogP contribution in [0.15, 0.2) is 71.9 Å². The molecule has 3 fully saturated rings. The van der Waals surface area contributed by atoms with E-state index in [2.05, 4.69) is 0 Å². The Morgan fingerprint density at radius 3 is 2.11 bits per heavy atom. The van der Waals surface area contributed by atoms with Crippen LogP contribution in [0.2, 0.25) is 0 Å². The number of piperidine rings is 1. The molecule has 24 heteroatoms. The van der Waals surface area contributed by atoms with Crippen molar-refractivity contribution >= 4 is 56.2 Å². The van der Waals surface area contributed by atoms with Gasteiger partial charge in [-0.25, -0.2) is 9.59 Å². The standard InChI is InChI=1S/C60H90N2O20P2/c1-35-17-13-12-14-18-36(2)49(77-9)33-45-26-20-41(7)60(70,82-45)55(66)56(67)62-28-16-15-19-46(62)57(68)80-50(34-47(63)37(3)30-40(6)53(65)54(79-11)52(64)39(5)29-35)38(4)31-42-21-27-48(51(32-42)78-10)81-59(69)61(8)44-24-22-43(23-25-44)58(83(71,72)73)84(74,75)76/h12-14,17-18,22-25,30,35,37-39,41-42,45-46,48-51,53-54,58,65,70H,15-16,19-21,26-29,31-34H2,1-11H3,(H2,71,72,73)(H2,74,75,76)/b14-12+,17-13-,36-18+,40-30+/t35-,37-,38-,39-,41-,42-,45+,46+,48-,49+,50+,51-,53-,54+,60-/m1/s1. The Kier molecular flexibility index (Phi) is 25.8. The van der Waals surface area contributed by atoms with Crippen molar-refractivity contribution in [3.05, 3.63) is 77.4 Å². The lowest BCUT2D eigenvalue weighted by Gasteiger charge is -2.42. The van der Waals surface area contributed by atoms with Crippen LogP contribution in [0.25, 0.3) is 0 Å². The molecule has 3 heterocycles. The summed E-state index contributed by atoms with van der Waals surface area (Å²) < 4.78 is 59.7. The highest BCUT2D eigenvalue weighted by molar-refractivity contribution is 7.70. The van der Waals surface area contributed by atoms with E-state index in [-0.39, 0.29) is 60.5 Å². The zero-order valence-electron chi connectivity index (χ0n) is 50.3. The number of methoxy groups -OCH3 is 3. The Hall–Kier alpha value is -4.54. The SMILES string of the molecule is CO[C@H]1C[C@@H]2CC[C@@H](C)[C@@](O)(O2)C(=O)C(=O)N2CCCC[C@H]2C(=O)O[C@H]([C@H](C)C[C@H]2CC[C@@H](OC(=O)N(C)c3ccc(C(P(=O)(O)O)P(=O)(O)O)cc3)[C@H](OC)C2)CC(=O)[C@H](C)/C=C(\C)[C@@H](O)[C@@H](OC)C(=O)[C@H](C)C[C@H](C)\C=C/C=C/C=C/1C. The largest absolute Gasteiger partial charge is 0.460 e. The molecule has 5 rings (SSSR count). The minimum atomic E-state index is -5.28. The van der Waals surface area contributed by atoms with Crippen molar-refractivity contribution in [3.8, 4) is 0 Å². The van der Waals surface area contributed by atoms with Crippen LogP contribution in [0.3, 0.4) is 0 Å². The van der Waals surface area contributed by atoms with E-state index in [0.717, 1.165) is 27.5 Å². The quantitative estimate of drug-likeness (QED) is 0.0532. The molecule has 0 spiro atoms. The van der Waals surface area contributed by atoms with Gasteiger partial charge in [-0.1, -0.05) is 83.2 Å². The number of hydrogen-bond donors (Lipinski definition) is 6. The summed E-state index contributed by atoms with van der Waals surface area (Å²) in [7, 11) is -4.81. The molecule has 2 bridgehead atoms. The molecular formula is C60H90N2O20P2. The number of aliphatic hydroxyl groups is 2. The highest BCUT2D eigenvalue weighted by Crippen LogP contribution is 2.69. The lowest BCUT2D eigenvalue weighted by molar-refractivity contribution is -0.265. The lowest BCUT2D eigenvalue weighted by atomic mass is 9.78. The van der Waals surface area contributed by atoms with Gasteiger partial charge in [-0.05, 0) is 125 Å². The number of carbonyl (C=O) groups is 6. The number of allylic oxidation sites excluding steroid dienone is 6. The minimum absolute atomic E-state index is 0.00933. The predicted molar refractivity (Wildman–Crippen MR) is 311 cm³/mol. The average molecular weight is 1220 g/mol. The molecule has 84 heavy (non-hydrogen) atoms. The number of cyclic esters (lactones) is 1. The number of esters is 1. The van der Waals surface area contributed by atoms with Gasteiger partial charge in [0.05, 0.1) is 18.3 Å². The second kappa shape index (κ2) is 30.9. The fraction of sp³-hybridized carbons (Fsp3) is 0.667. The maximum Gasteiger partial charge on any atom is 0.414 e. The first-order valence-corrected chi connectivity index (χ1v) is 32.4. The number of carbonyl (C=O) groups excluding carboxylic acids is 6. The summed E-state index contributed by atoms with van der Waals surface area (Å²) in [6.45, 7) is 12.4. The smallest absolute Gasteiger partial charge is 0.414 e. The van der Waals surface area contributed by atoms with Gasteiger partial charge in [-0.15, -0.1) is 0 Å². The van der Waals surface area contributed by atoms with Crippen LogP contribution in [0.5, 0.6) is 0 Å². The van der Waals surface area contributed by atoms with Crippen LogP contribution < -0.4 is 4.90 Å². The van der Waals surface area contributed by atoms with E-state index in [0.29, 0.717) is 63.4 Å². The number of benzene rings is 1. The zero-order chi connectivity index (χ0) is 62.6. The third kappa shape index (κ3) is 18.3. The van der Waals surface area contributed by atoms with Crippen molar-refractivity contribution in [2.24, 2.45) is 35.5 Å². The van der Waals surface area contributed by atoms with E-state index in [1.807, 2.05) is 51.2 Å². The molecule has 1 aromatic rings. The van der Waals surface area contributed by atoms with Gasteiger partial charge in [0.2, 0.25) is 5.79 Å². The predicted octanol–water partition coefficient (Wildman–Crippen LogP) is 7.82. The van der Waals surface area contributed by atoms with Crippen molar-refractivity contribution < 1.29 is 96.1 Å². The van der Waals surface area contributed by atoms with E-state index in [1.54, 1.807) is 40.9 Å². The van der Waals surface area contributed by atoms with Crippen LogP contribution in [-0.4, -0.2) is 159 Å². The Morgan fingerprint density at radius 1 is 0.821 bits per heavy atom. The summed E-state index contributed by atoms with van der Waals surface area (Å²) >= 11 is 0. The van der Waals surface area contributed by atoms with E-state index < -0.39 is 123 Å². The molecule has 22 nitrogen and oxygen atoms in total. The summed E-state index contributed by atoms with van der Waals surface area (Å²) in [6.07, 6.45) is 7.93. The van der Waals surface area contributed by atoms with Gasteiger partial charge in [-0.2, -0.15) is 0 Å². The summed E-state index contributed by atoms with van der Waals surface area (Å²) in [5.74, 6) is -9.11. The Bertz CT molecular complexity index is 2660. The molecular weight excluding hydrogens is 1130 g/mol. The van der Waals surface area contributed by atoms with E-state index >= 15 is 0 Å².